The summed E-state index contributed by atoms with van der Waals surface area (Å²) in [5, 5.41) is 8.13. The highest BCUT2D eigenvalue weighted by Crippen LogP contribution is 1.85. The van der Waals surface area contributed by atoms with E-state index in [1.165, 1.54) is 0 Å². The number of rotatable bonds is 3. The maximum Gasteiger partial charge on any atom is 0.381 e. The average Bonchev–Trinajstić information content (AvgIpc) is 1.97. The molecule has 0 aliphatic rings. The monoisotopic (exact) mass is 157 g/mol. The maximum atomic E-state index is 9.92. The first-order valence-corrected chi connectivity index (χ1v) is 3.15. The van der Waals surface area contributed by atoms with Crippen LogP contribution in [0.3, 0.4) is 0 Å². The van der Waals surface area contributed by atoms with Crippen molar-refractivity contribution >= 4 is 5.97 Å². The Morgan fingerprint density at radius 1 is 1.82 bits per heavy atom. The molecule has 1 atom stereocenters. The van der Waals surface area contributed by atoms with Crippen LogP contribution in [0.4, 0.5) is 0 Å². The minimum atomic E-state index is -1.15. The number of carboxylic acids is 1. The van der Waals surface area contributed by atoms with Gasteiger partial charge in [-0.15, -0.1) is 0 Å². The van der Waals surface area contributed by atoms with E-state index in [1.54, 1.807) is 7.11 Å². The van der Waals surface area contributed by atoms with E-state index in [1.807, 2.05) is 5.92 Å². The Labute approximate surface area is 65.3 Å². The summed E-state index contributed by atoms with van der Waals surface area (Å²) in [4.78, 5) is 9.92. The Morgan fingerprint density at radius 3 is 2.91 bits per heavy atom. The fourth-order valence-corrected chi connectivity index (χ4v) is 0.471. The molecule has 0 bridgehead atoms. The van der Waals surface area contributed by atoms with Crippen molar-refractivity contribution in [2.24, 2.45) is 5.73 Å². The van der Waals surface area contributed by atoms with E-state index in [2.05, 4.69) is 5.92 Å². The van der Waals surface area contributed by atoms with Gasteiger partial charge in [0.1, 0.15) is 0 Å². The summed E-state index contributed by atoms with van der Waals surface area (Å²) in [6.45, 7) is 0.496. The first-order valence-electron chi connectivity index (χ1n) is 3.15. The summed E-state index contributed by atoms with van der Waals surface area (Å²) >= 11 is 0. The SMILES string of the molecule is COCCC(N)C#CC(=O)O. The smallest absolute Gasteiger partial charge is 0.381 e. The number of hydrogen-bond donors (Lipinski definition) is 2. The molecule has 3 N–H and O–H groups in total. The third-order valence-corrected chi connectivity index (χ3v) is 0.997. The molecule has 4 heteroatoms. The number of carboxylic acid groups (broad SMARTS) is 1. The highest BCUT2D eigenvalue weighted by Gasteiger charge is 1.95. The van der Waals surface area contributed by atoms with Crippen LogP contribution in [0.25, 0.3) is 0 Å². The van der Waals surface area contributed by atoms with Gasteiger partial charge in [0.25, 0.3) is 0 Å². The molecule has 0 rings (SSSR count). The molecule has 0 fully saturated rings. The van der Waals surface area contributed by atoms with Crippen molar-refractivity contribution in [3.8, 4) is 11.8 Å². The molecule has 0 amide bonds. The molecule has 0 aliphatic heterocycles. The van der Waals surface area contributed by atoms with Gasteiger partial charge in [-0.1, -0.05) is 5.92 Å². The van der Waals surface area contributed by atoms with E-state index in [0.717, 1.165) is 0 Å². The zero-order valence-electron chi connectivity index (χ0n) is 6.33. The van der Waals surface area contributed by atoms with E-state index in [4.69, 9.17) is 15.6 Å². The van der Waals surface area contributed by atoms with Crippen molar-refractivity contribution < 1.29 is 14.6 Å². The first kappa shape index (κ1) is 9.95. The molecule has 0 aromatic carbocycles. The van der Waals surface area contributed by atoms with Crippen LogP contribution in [0, 0.1) is 11.8 Å². The molecule has 11 heavy (non-hydrogen) atoms. The second-order valence-corrected chi connectivity index (χ2v) is 1.96. The van der Waals surface area contributed by atoms with Gasteiger partial charge in [-0.3, -0.25) is 0 Å². The van der Waals surface area contributed by atoms with Gasteiger partial charge in [-0.05, 0) is 6.42 Å². The Kier molecular flexibility index (Phi) is 5.17. The van der Waals surface area contributed by atoms with Crippen LogP contribution in [-0.2, 0) is 9.53 Å². The number of ether oxygens (including phenoxy) is 1. The number of carbonyl (C=O) groups is 1. The molecule has 0 saturated carbocycles. The van der Waals surface area contributed by atoms with Crippen molar-refractivity contribution in [1.29, 1.82) is 0 Å². The molecular weight excluding hydrogens is 146 g/mol. The van der Waals surface area contributed by atoms with Gasteiger partial charge in [0, 0.05) is 19.6 Å². The standard InChI is InChI=1S/C7H11NO3/c1-11-5-4-6(8)2-3-7(9)10/h6H,4-5,8H2,1H3,(H,9,10). The Bertz CT molecular complexity index is 180. The molecule has 0 heterocycles. The fraction of sp³-hybridized carbons (Fsp3) is 0.571. The van der Waals surface area contributed by atoms with Crippen molar-refractivity contribution in [2.45, 2.75) is 12.5 Å². The number of aliphatic carboxylic acids is 1. The summed E-state index contributed by atoms with van der Waals surface area (Å²) in [5.74, 6) is 3.15. The molecule has 0 aromatic heterocycles. The fourth-order valence-electron chi connectivity index (χ4n) is 0.471. The van der Waals surface area contributed by atoms with Gasteiger partial charge >= 0.3 is 5.97 Å². The van der Waals surface area contributed by atoms with E-state index < -0.39 is 12.0 Å². The van der Waals surface area contributed by atoms with Gasteiger partial charge in [-0.25, -0.2) is 4.79 Å². The molecule has 4 nitrogen and oxygen atoms in total. The Balaban J connectivity index is 3.61. The van der Waals surface area contributed by atoms with Crippen molar-refractivity contribution in [3.63, 3.8) is 0 Å². The molecule has 0 saturated heterocycles. The first-order chi connectivity index (χ1) is 5.16. The summed E-state index contributed by atoms with van der Waals surface area (Å²) in [6, 6.07) is -0.411. The van der Waals surface area contributed by atoms with Crippen LogP contribution < -0.4 is 5.73 Å². The van der Waals surface area contributed by atoms with Gasteiger partial charge < -0.3 is 15.6 Å². The van der Waals surface area contributed by atoms with Crippen molar-refractivity contribution in [2.75, 3.05) is 13.7 Å². The van der Waals surface area contributed by atoms with Crippen LogP contribution >= 0.6 is 0 Å². The van der Waals surface area contributed by atoms with Crippen LogP contribution in [0.5, 0.6) is 0 Å². The van der Waals surface area contributed by atoms with E-state index in [9.17, 15) is 4.79 Å². The average molecular weight is 157 g/mol. The molecule has 0 aliphatic carbocycles. The molecule has 0 aromatic rings. The summed E-state index contributed by atoms with van der Waals surface area (Å²) in [5.41, 5.74) is 5.39. The molecule has 0 spiro atoms. The number of methoxy groups -OCH3 is 1. The zero-order chi connectivity index (χ0) is 8.69. The van der Waals surface area contributed by atoms with Gasteiger partial charge in [0.2, 0.25) is 0 Å². The lowest BCUT2D eigenvalue weighted by molar-refractivity contribution is -0.130. The second kappa shape index (κ2) is 5.71. The van der Waals surface area contributed by atoms with Crippen LogP contribution in [0.15, 0.2) is 0 Å². The lowest BCUT2D eigenvalue weighted by Crippen LogP contribution is -2.19. The molecular formula is C7H11NO3. The molecule has 62 valence electrons. The molecule has 0 radical (unpaired) electrons. The second-order valence-electron chi connectivity index (χ2n) is 1.96. The van der Waals surface area contributed by atoms with Gasteiger partial charge in [-0.2, -0.15) is 0 Å². The highest BCUT2D eigenvalue weighted by atomic mass is 16.5. The predicted molar refractivity (Wildman–Crippen MR) is 39.9 cm³/mol. The third kappa shape index (κ3) is 6.84. The quantitative estimate of drug-likeness (QED) is 0.538. The zero-order valence-corrected chi connectivity index (χ0v) is 6.33. The maximum absolute atomic E-state index is 9.92. The van der Waals surface area contributed by atoms with Crippen LogP contribution in [-0.4, -0.2) is 30.8 Å². The third-order valence-electron chi connectivity index (χ3n) is 0.997. The minimum Gasteiger partial charge on any atom is -0.472 e. The highest BCUT2D eigenvalue weighted by molar-refractivity contribution is 5.86. The largest absolute Gasteiger partial charge is 0.472 e. The minimum absolute atomic E-state index is 0.411. The summed E-state index contributed by atoms with van der Waals surface area (Å²) in [6.07, 6.45) is 0.552. The topological polar surface area (TPSA) is 72.5 Å². The van der Waals surface area contributed by atoms with Crippen LogP contribution in [0.2, 0.25) is 0 Å². The Morgan fingerprint density at radius 2 is 2.45 bits per heavy atom. The van der Waals surface area contributed by atoms with Gasteiger partial charge in [0.05, 0.1) is 6.04 Å². The Hall–Kier alpha value is -1.05. The van der Waals surface area contributed by atoms with Crippen LogP contribution in [0.1, 0.15) is 6.42 Å². The normalized spacial score (nSPS) is 11.5. The van der Waals surface area contributed by atoms with E-state index >= 15 is 0 Å². The summed E-state index contributed by atoms with van der Waals surface area (Å²) < 4.78 is 4.72. The van der Waals surface area contributed by atoms with Gasteiger partial charge in [0.15, 0.2) is 0 Å². The lowest BCUT2D eigenvalue weighted by atomic mass is 10.2. The van der Waals surface area contributed by atoms with E-state index in [-0.39, 0.29) is 0 Å². The van der Waals surface area contributed by atoms with Crippen molar-refractivity contribution in [3.05, 3.63) is 0 Å². The number of hydrogen-bond acceptors (Lipinski definition) is 3. The van der Waals surface area contributed by atoms with E-state index in [0.29, 0.717) is 13.0 Å². The lowest BCUT2D eigenvalue weighted by Gasteiger charge is -2.00. The number of nitrogens with two attached hydrogens (primary N) is 1. The summed E-state index contributed by atoms with van der Waals surface area (Å²) in [7, 11) is 1.55. The predicted octanol–water partition coefficient (Wildman–Crippen LogP) is -0.562. The molecule has 1 unspecified atom stereocenters. The van der Waals surface area contributed by atoms with Crippen molar-refractivity contribution in [1.82, 2.24) is 0 Å².